The molecule has 1 N–H and O–H groups in total. The highest BCUT2D eigenvalue weighted by atomic mass is 79.9. The normalized spacial score (nSPS) is 11.7. The number of nitrogens with one attached hydrogen (secondary N) is 1. The Morgan fingerprint density at radius 3 is 2.76 bits per heavy atom. The van der Waals surface area contributed by atoms with E-state index in [1.807, 2.05) is 6.20 Å². The first-order valence-corrected chi connectivity index (χ1v) is 8.70. The minimum atomic E-state index is 0.0888. The smallest absolute Gasteiger partial charge is 0.133 e. The van der Waals surface area contributed by atoms with E-state index in [2.05, 4.69) is 81.8 Å². The van der Waals surface area contributed by atoms with Crippen LogP contribution in [-0.2, 0) is 13.1 Å². The molecule has 0 aromatic carbocycles. The van der Waals surface area contributed by atoms with Crippen molar-refractivity contribution in [3.63, 3.8) is 0 Å². The second-order valence-corrected chi connectivity index (χ2v) is 7.92. The molecule has 0 bridgehead atoms. The van der Waals surface area contributed by atoms with E-state index in [4.69, 9.17) is 0 Å². The van der Waals surface area contributed by atoms with Crippen LogP contribution < -0.4 is 10.2 Å². The summed E-state index contributed by atoms with van der Waals surface area (Å²) in [4.78, 5) is 6.80. The van der Waals surface area contributed by atoms with Gasteiger partial charge in [-0.15, -0.1) is 0 Å². The summed E-state index contributed by atoms with van der Waals surface area (Å²) in [6, 6.07) is 4.30. The fraction of sp³-hybridized carbons (Fsp3) is 0.438. The average molecular weight is 368 g/mol. The minimum absolute atomic E-state index is 0.0888. The Labute approximate surface area is 139 Å². The van der Waals surface area contributed by atoms with Gasteiger partial charge in [0.05, 0.1) is 0 Å². The molecule has 0 fully saturated rings. The molecule has 2 rings (SSSR count). The molecule has 0 aliphatic heterocycles. The van der Waals surface area contributed by atoms with Gasteiger partial charge < -0.3 is 10.2 Å². The van der Waals surface area contributed by atoms with Crippen molar-refractivity contribution < 1.29 is 0 Å². The summed E-state index contributed by atoms with van der Waals surface area (Å²) in [6.45, 7) is 8.20. The fourth-order valence-corrected chi connectivity index (χ4v) is 3.08. The Morgan fingerprint density at radius 2 is 2.14 bits per heavy atom. The molecule has 0 atom stereocenters. The van der Waals surface area contributed by atoms with E-state index in [1.54, 1.807) is 11.3 Å². The average Bonchev–Trinajstić information content (AvgIpc) is 2.88. The van der Waals surface area contributed by atoms with Crippen molar-refractivity contribution in [3.8, 4) is 0 Å². The SMILES string of the molecule is CN(Cc1ccsc1)c1ncc(Br)cc1CNC(C)(C)C. The van der Waals surface area contributed by atoms with E-state index in [1.165, 1.54) is 11.1 Å². The molecule has 114 valence electrons. The van der Waals surface area contributed by atoms with Crippen LogP contribution in [0.5, 0.6) is 0 Å². The molecule has 0 radical (unpaired) electrons. The summed E-state index contributed by atoms with van der Waals surface area (Å²) in [5, 5.41) is 7.83. The van der Waals surface area contributed by atoms with Gasteiger partial charge in [0.15, 0.2) is 0 Å². The minimum Gasteiger partial charge on any atom is -0.355 e. The number of aromatic nitrogens is 1. The van der Waals surface area contributed by atoms with Crippen LogP contribution in [0.2, 0.25) is 0 Å². The maximum atomic E-state index is 4.60. The van der Waals surface area contributed by atoms with Gasteiger partial charge in [-0.25, -0.2) is 4.98 Å². The van der Waals surface area contributed by atoms with Crippen LogP contribution >= 0.6 is 27.3 Å². The molecule has 0 unspecified atom stereocenters. The number of nitrogens with zero attached hydrogens (tertiary/aromatic N) is 2. The molecule has 21 heavy (non-hydrogen) atoms. The van der Waals surface area contributed by atoms with Crippen LogP contribution in [0.3, 0.4) is 0 Å². The lowest BCUT2D eigenvalue weighted by Gasteiger charge is -2.24. The predicted octanol–water partition coefficient (Wildman–Crippen LogP) is 4.43. The number of hydrogen-bond donors (Lipinski definition) is 1. The van der Waals surface area contributed by atoms with Crippen LogP contribution in [0, 0.1) is 0 Å². The summed E-state index contributed by atoms with van der Waals surface area (Å²) in [6.07, 6.45) is 1.86. The lowest BCUT2D eigenvalue weighted by atomic mass is 10.1. The van der Waals surface area contributed by atoms with Gasteiger partial charge >= 0.3 is 0 Å². The van der Waals surface area contributed by atoms with Gasteiger partial charge in [0, 0.05) is 41.9 Å². The topological polar surface area (TPSA) is 28.2 Å². The Bertz CT molecular complexity index is 576. The van der Waals surface area contributed by atoms with Crippen molar-refractivity contribution in [3.05, 3.63) is 44.7 Å². The van der Waals surface area contributed by atoms with Crippen LogP contribution in [-0.4, -0.2) is 17.6 Å². The Hall–Kier alpha value is -0.910. The zero-order chi connectivity index (χ0) is 15.5. The van der Waals surface area contributed by atoms with Gasteiger partial charge in [0.1, 0.15) is 5.82 Å². The van der Waals surface area contributed by atoms with Crippen molar-refractivity contribution >= 4 is 33.1 Å². The molecule has 0 saturated carbocycles. The Balaban J connectivity index is 2.17. The summed E-state index contributed by atoms with van der Waals surface area (Å²) in [7, 11) is 2.09. The number of halogens is 1. The van der Waals surface area contributed by atoms with Crippen molar-refractivity contribution in [2.24, 2.45) is 0 Å². The molecule has 2 aromatic heterocycles. The predicted molar refractivity (Wildman–Crippen MR) is 95.0 cm³/mol. The third-order valence-corrected chi connectivity index (χ3v) is 4.25. The Morgan fingerprint density at radius 1 is 1.38 bits per heavy atom. The van der Waals surface area contributed by atoms with Gasteiger partial charge in [-0.05, 0) is 65.2 Å². The molecule has 0 spiro atoms. The molecule has 5 heteroatoms. The molecule has 0 aliphatic rings. The number of anilines is 1. The van der Waals surface area contributed by atoms with Crippen LogP contribution in [0.1, 0.15) is 31.9 Å². The summed E-state index contributed by atoms with van der Waals surface area (Å²) in [5.74, 6) is 1.03. The zero-order valence-corrected chi connectivity index (χ0v) is 15.4. The largest absolute Gasteiger partial charge is 0.355 e. The number of rotatable bonds is 5. The molecule has 2 aromatic rings. The maximum Gasteiger partial charge on any atom is 0.133 e. The van der Waals surface area contributed by atoms with Crippen LogP contribution in [0.25, 0.3) is 0 Å². The molecule has 0 amide bonds. The maximum absolute atomic E-state index is 4.60. The summed E-state index contributed by atoms with van der Waals surface area (Å²) < 4.78 is 1.01. The zero-order valence-electron chi connectivity index (χ0n) is 13.0. The van der Waals surface area contributed by atoms with E-state index in [0.29, 0.717) is 0 Å². The molecular formula is C16H22BrN3S. The number of hydrogen-bond acceptors (Lipinski definition) is 4. The van der Waals surface area contributed by atoms with Gasteiger partial charge in [0.25, 0.3) is 0 Å². The van der Waals surface area contributed by atoms with Gasteiger partial charge in [-0.2, -0.15) is 11.3 Å². The Kier molecular flexibility index (Phi) is 5.41. The first-order chi connectivity index (χ1) is 9.85. The fourth-order valence-electron chi connectivity index (χ4n) is 2.04. The highest BCUT2D eigenvalue weighted by molar-refractivity contribution is 9.10. The highest BCUT2D eigenvalue weighted by Crippen LogP contribution is 2.23. The number of thiophene rings is 1. The molecule has 0 aliphatic carbocycles. The summed E-state index contributed by atoms with van der Waals surface area (Å²) >= 11 is 5.25. The van der Waals surface area contributed by atoms with Crippen LogP contribution in [0.4, 0.5) is 5.82 Å². The van der Waals surface area contributed by atoms with E-state index in [-0.39, 0.29) is 5.54 Å². The standard InChI is InChI=1S/C16H22BrN3S/c1-16(2,3)19-8-13-7-14(17)9-18-15(13)20(4)10-12-5-6-21-11-12/h5-7,9,11,19H,8,10H2,1-4H3. The second-order valence-electron chi connectivity index (χ2n) is 6.23. The first-order valence-electron chi connectivity index (χ1n) is 6.97. The third kappa shape index (κ3) is 5.09. The quantitative estimate of drug-likeness (QED) is 0.846. The van der Waals surface area contributed by atoms with Gasteiger partial charge in [0.2, 0.25) is 0 Å². The second kappa shape index (κ2) is 6.90. The van der Waals surface area contributed by atoms with Gasteiger partial charge in [-0.1, -0.05) is 0 Å². The first kappa shape index (κ1) is 16.5. The van der Waals surface area contributed by atoms with Crippen molar-refractivity contribution in [2.75, 3.05) is 11.9 Å². The highest BCUT2D eigenvalue weighted by Gasteiger charge is 2.14. The van der Waals surface area contributed by atoms with Crippen molar-refractivity contribution in [1.29, 1.82) is 0 Å². The van der Waals surface area contributed by atoms with Crippen LogP contribution in [0.15, 0.2) is 33.6 Å². The molecule has 0 saturated heterocycles. The monoisotopic (exact) mass is 367 g/mol. The molecular weight excluding hydrogens is 346 g/mol. The van der Waals surface area contributed by atoms with E-state index >= 15 is 0 Å². The lowest BCUT2D eigenvalue weighted by Crippen LogP contribution is -2.35. The third-order valence-electron chi connectivity index (χ3n) is 3.08. The van der Waals surface area contributed by atoms with Crippen molar-refractivity contribution in [2.45, 2.75) is 39.4 Å². The van der Waals surface area contributed by atoms with E-state index in [0.717, 1.165) is 23.4 Å². The number of pyridine rings is 1. The summed E-state index contributed by atoms with van der Waals surface area (Å²) in [5.41, 5.74) is 2.62. The van der Waals surface area contributed by atoms with Crippen molar-refractivity contribution in [1.82, 2.24) is 10.3 Å². The lowest BCUT2D eigenvalue weighted by molar-refractivity contribution is 0.424. The van der Waals surface area contributed by atoms with E-state index < -0.39 is 0 Å². The molecule has 3 nitrogen and oxygen atoms in total. The van der Waals surface area contributed by atoms with E-state index in [9.17, 15) is 0 Å². The molecule has 2 heterocycles. The van der Waals surface area contributed by atoms with Gasteiger partial charge in [-0.3, -0.25) is 0 Å².